The van der Waals surface area contributed by atoms with Crippen LogP contribution in [-0.4, -0.2) is 54.6 Å². The van der Waals surface area contributed by atoms with Crippen molar-refractivity contribution in [1.82, 2.24) is 15.2 Å². The number of likely N-dealkylation sites (N-methyl/N-ethyl adjacent to an activating group) is 1. The molecule has 3 N–H and O–H groups in total. The Morgan fingerprint density at radius 3 is 2.62 bits per heavy atom. The van der Waals surface area contributed by atoms with Crippen LogP contribution in [0.15, 0.2) is 23.3 Å². The number of hydrogen-bond acceptors (Lipinski definition) is 4. The molecule has 1 aromatic rings. The van der Waals surface area contributed by atoms with Gasteiger partial charge in [0, 0.05) is 38.4 Å². The Kier molecular flexibility index (Phi) is 7.12. The van der Waals surface area contributed by atoms with Crippen LogP contribution in [0.25, 0.3) is 0 Å². The molecule has 1 aromatic heterocycles. The van der Waals surface area contributed by atoms with Crippen molar-refractivity contribution in [2.75, 3.05) is 37.6 Å². The van der Waals surface area contributed by atoms with Gasteiger partial charge < -0.3 is 20.9 Å². The van der Waals surface area contributed by atoms with E-state index in [0.717, 1.165) is 38.5 Å². The molecule has 1 aliphatic carbocycles. The van der Waals surface area contributed by atoms with Crippen LogP contribution in [0.4, 0.5) is 5.82 Å². The van der Waals surface area contributed by atoms with Crippen LogP contribution in [0, 0.1) is 0 Å². The SMILES string of the molecule is CCN1CCN(c2cc(CN=C(N)NC3CCCCCC3)ccn2)CC1. The lowest BCUT2D eigenvalue weighted by molar-refractivity contribution is 0.270. The molecular weight excluding hydrogens is 324 g/mol. The highest BCUT2D eigenvalue weighted by molar-refractivity contribution is 5.78. The number of anilines is 1. The van der Waals surface area contributed by atoms with E-state index in [9.17, 15) is 0 Å². The summed E-state index contributed by atoms with van der Waals surface area (Å²) in [6.07, 6.45) is 9.59. The summed E-state index contributed by atoms with van der Waals surface area (Å²) in [5.41, 5.74) is 7.29. The van der Waals surface area contributed by atoms with Gasteiger partial charge in [0.15, 0.2) is 5.96 Å². The predicted molar refractivity (Wildman–Crippen MR) is 109 cm³/mol. The van der Waals surface area contributed by atoms with E-state index in [-0.39, 0.29) is 0 Å². The second-order valence-electron chi connectivity index (χ2n) is 7.48. The number of aliphatic imine (C=N–C) groups is 1. The molecule has 0 spiro atoms. The molecule has 1 saturated heterocycles. The minimum Gasteiger partial charge on any atom is -0.370 e. The quantitative estimate of drug-likeness (QED) is 0.480. The number of pyridine rings is 1. The van der Waals surface area contributed by atoms with Crippen molar-refractivity contribution in [2.45, 2.75) is 58.0 Å². The first-order chi connectivity index (χ1) is 12.7. The Bertz CT molecular complexity index is 571. The van der Waals surface area contributed by atoms with Gasteiger partial charge in [-0.05, 0) is 37.1 Å². The van der Waals surface area contributed by atoms with E-state index in [0.29, 0.717) is 18.5 Å². The fourth-order valence-corrected chi connectivity index (χ4v) is 3.88. The zero-order chi connectivity index (χ0) is 18.2. The first kappa shape index (κ1) is 19.0. The van der Waals surface area contributed by atoms with Crippen LogP contribution in [0.2, 0.25) is 0 Å². The molecule has 1 aliphatic heterocycles. The van der Waals surface area contributed by atoms with Crippen molar-refractivity contribution in [3.8, 4) is 0 Å². The molecule has 2 aliphatic rings. The summed E-state index contributed by atoms with van der Waals surface area (Å²) in [5, 5.41) is 3.41. The second kappa shape index (κ2) is 9.76. The fourth-order valence-electron chi connectivity index (χ4n) is 3.88. The first-order valence-electron chi connectivity index (χ1n) is 10.2. The normalized spacial score (nSPS) is 20.8. The van der Waals surface area contributed by atoms with Crippen LogP contribution < -0.4 is 16.0 Å². The van der Waals surface area contributed by atoms with Gasteiger partial charge in [-0.2, -0.15) is 0 Å². The number of nitrogens with one attached hydrogen (secondary N) is 1. The molecule has 0 bridgehead atoms. The van der Waals surface area contributed by atoms with E-state index in [1.807, 2.05) is 12.3 Å². The molecule has 6 heteroatoms. The molecule has 0 amide bonds. The van der Waals surface area contributed by atoms with E-state index < -0.39 is 0 Å². The standard InChI is InChI=1S/C20H34N6/c1-2-25-11-13-26(14-12-25)19-15-17(9-10-22-19)16-23-20(21)24-18-7-5-3-4-6-8-18/h9-10,15,18H,2-8,11-14,16H2,1H3,(H3,21,23,24). The van der Waals surface area contributed by atoms with E-state index in [1.165, 1.54) is 44.1 Å². The zero-order valence-electron chi connectivity index (χ0n) is 16.2. The smallest absolute Gasteiger partial charge is 0.189 e. The average molecular weight is 359 g/mol. The minimum absolute atomic E-state index is 0.490. The monoisotopic (exact) mass is 358 g/mol. The highest BCUT2D eigenvalue weighted by Crippen LogP contribution is 2.17. The fraction of sp³-hybridized carbons (Fsp3) is 0.700. The Balaban J connectivity index is 1.53. The van der Waals surface area contributed by atoms with Gasteiger partial charge in [-0.25, -0.2) is 9.98 Å². The van der Waals surface area contributed by atoms with Gasteiger partial charge in [0.25, 0.3) is 0 Å². The van der Waals surface area contributed by atoms with Gasteiger partial charge in [0.1, 0.15) is 5.82 Å². The van der Waals surface area contributed by atoms with Crippen LogP contribution in [0.5, 0.6) is 0 Å². The lowest BCUT2D eigenvalue weighted by Gasteiger charge is -2.34. The zero-order valence-corrected chi connectivity index (χ0v) is 16.2. The van der Waals surface area contributed by atoms with Crippen molar-refractivity contribution in [3.63, 3.8) is 0 Å². The number of rotatable bonds is 5. The molecule has 6 nitrogen and oxygen atoms in total. The average Bonchev–Trinajstić information content (AvgIpc) is 2.95. The predicted octanol–water partition coefficient (Wildman–Crippen LogP) is 2.35. The number of aromatic nitrogens is 1. The maximum Gasteiger partial charge on any atom is 0.189 e. The summed E-state index contributed by atoms with van der Waals surface area (Å²) in [5.74, 6) is 1.63. The van der Waals surface area contributed by atoms with Crippen LogP contribution in [0.3, 0.4) is 0 Å². The minimum atomic E-state index is 0.490. The summed E-state index contributed by atoms with van der Waals surface area (Å²) in [7, 11) is 0. The third-order valence-electron chi connectivity index (χ3n) is 5.59. The molecule has 26 heavy (non-hydrogen) atoms. The molecule has 144 valence electrons. The maximum absolute atomic E-state index is 6.12. The molecule has 0 unspecified atom stereocenters. The first-order valence-corrected chi connectivity index (χ1v) is 10.2. The molecule has 0 radical (unpaired) electrons. The number of piperazine rings is 1. The van der Waals surface area contributed by atoms with Gasteiger partial charge in [-0.15, -0.1) is 0 Å². The topological polar surface area (TPSA) is 69.8 Å². The summed E-state index contributed by atoms with van der Waals surface area (Å²) >= 11 is 0. The molecule has 0 aromatic carbocycles. The summed E-state index contributed by atoms with van der Waals surface area (Å²) in [6.45, 7) is 8.26. The number of hydrogen-bond donors (Lipinski definition) is 2. The van der Waals surface area contributed by atoms with Crippen molar-refractivity contribution >= 4 is 11.8 Å². The van der Waals surface area contributed by atoms with Gasteiger partial charge in [0.05, 0.1) is 6.54 Å². The molecular formula is C20H34N6. The van der Waals surface area contributed by atoms with Crippen LogP contribution >= 0.6 is 0 Å². The summed E-state index contributed by atoms with van der Waals surface area (Å²) in [6, 6.07) is 4.68. The Hall–Kier alpha value is -1.82. The number of nitrogens with zero attached hydrogens (tertiary/aromatic N) is 4. The highest BCUT2D eigenvalue weighted by atomic mass is 15.3. The molecule has 2 fully saturated rings. The third-order valence-corrected chi connectivity index (χ3v) is 5.59. The number of guanidine groups is 1. The summed E-state index contributed by atoms with van der Waals surface area (Å²) in [4.78, 5) is 14.0. The van der Waals surface area contributed by atoms with E-state index in [1.54, 1.807) is 0 Å². The van der Waals surface area contributed by atoms with E-state index in [2.05, 4.69) is 38.1 Å². The maximum atomic E-state index is 6.12. The highest BCUT2D eigenvalue weighted by Gasteiger charge is 2.17. The third kappa shape index (κ3) is 5.59. The Morgan fingerprint density at radius 1 is 1.19 bits per heavy atom. The van der Waals surface area contributed by atoms with Crippen LogP contribution in [-0.2, 0) is 6.54 Å². The van der Waals surface area contributed by atoms with Crippen LogP contribution in [0.1, 0.15) is 51.0 Å². The molecule has 1 saturated carbocycles. The molecule has 0 atom stereocenters. The lowest BCUT2D eigenvalue weighted by atomic mass is 10.1. The van der Waals surface area contributed by atoms with Crippen molar-refractivity contribution in [2.24, 2.45) is 10.7 Å². The van der Waals surface area contributed by atoms with E-state index >= 15 is 0 Å². The second-order valence-corrected chi connectivity index (χ2v) is 7.48. The van der Waals surface area contributed by atoms with Crippen molar-refractivity contribution in [1.29, 1.82) is 0 Å². The largest absolute Gasteiger partial charge is 0.370 e. The Labute approximate surface area is 157 Å². The number of nitrogens with two attached hydrogens (primary N) is 1. The summed E-state index contributed by atoms with van der Waals surface area (Å²) < 4.78 is 0. The van der Waals surface area contributed by atoms with Crippen molar-refractivity contribution in [3.05, 3.63) is 23.9 Å². The van der Waals surface area contributed by atoms with Gasteiger partial charge in [-0.3, -0.25) is 0 Å². The van der Waals surface area contributed by atoms with Crippen molar-refractivity contribution < 1.29 is 0 Å². The van der Waals surface area contributed by atoms with Gasteiger partial charge in [-0.1, -0.05) is 32.6 Å². The van der Waals surface area contributed by atoms with Gasteiger partial charge in [0.2, 0.25) is 0 Å². The molecule has 3 rings (SSSR count). The lowest BCUT2D eigenvalue weighted by Crippen LogP contribution is -2.46. The molecule has 2 heterocycles. The van der Waals surface area contributed by atoms with E-state index in [4.69, 9.17) is 5.73 Å². The van der Waals surface area contributed by atoms with Gasteiger partial charge >= 0.3 is 0 Å². The Morgan fingerprint density at radius 2 is 1.92 bits per heavy atom.